The lowest BCUT2D eigenvalue weighted by atomic mass is 9.92. The predicted octanol–water partition coefficient (Wildman–Crippen LogP) is 6.94. The SMILES string of the molecule is CCOc1cc(O[C@H]2CCOC2)c(F)c(C(c2cc3cc(N)ccc3c(N)n2)c2ncc(-c3ccccc3)[nH]2)c1.O=C(O)C(F)(F)F.O=C(O)C(F)(F)F. The maximum absolute atomic E-state index is 16.4. The topological polar surface area (TPSA) is 196 Å². The highest BCUT2D eigenvalue weighted by atomic mass is 19.4. The Morgan fingerprint density at radius 1 is 0.981 bits per heavy atom. The summed E-state index contributed by atoms with van der Waals surface area (Å²) in [5.41, 5.74) is 15.6. The summed E-state index contributed by atoms with van der Waals surface area (Å²) in [5.74, 6) is -5.41. The number of nitrogens with zero attached hydrogens (tertiary/aromatic N) is 2. The van der Waals surface area contributed by atoms with Crippen molar-refractivity contribution in [3.05, 3.63) is 95.8 Å². The highest BCUT2D eigenvalue weighted by molar-refractivity contribution is 5.93. The van der Waals surface area contributed by atoms with Crippen molar-refractivity contribution in [2.45, 2.75) is 37.7 Å². The zero-order chi connectivity index (χ0) is 39.8. The minimum Gasteiger partial charge on any atom is -0.494 e. The molecule has 1 aliphatic rings. The number of nitrogen functional groups attached to an aromatic ring is 2. The average Bonchev–Trinajstić information content (AvgIpc) is 3.80. The lowest BCUT2D eigenvalue weighted by Crippen LogP contribution is -2.21. The van der Waals surface area contributed by atoms with E-state index < -0.39 is 36.0 Å². The molecule has 7 N–H and O–H groups in total. The van der Waals surface area contributed by atoms with Gasteiger partial charge in [0.05, 0.1) is 43.3 Å². The van der Waals surface area contributed by atoms with Gasteiger partial charge >= 0.3 is 24.3 Å². The molecule has 2 atom stereocenters. The quantitative estimate of drug-likeness (QED) is 0.0810. The Bertz CT molecular complexity index is 2050. The second-order valence-corrected chi connectivity index (χ2v) is 11.4. The van der Waals surface area contributed by atoms with Gasteiger partial charge in [0.2, 0.25) is 0 Å². The van der Waals surface area contributed by atoms with E-state index >= 15 is 4.39 Å². The number of carboxylic acid groups (broad SMARTS) is 2. The first-order chi connectivity index (χ1) is 25.4. The number of fused-ring (bicyclic) bond motifs is 1. The van der Waals surface area contributed by atoms with Crippen LogP contribution in [-0.4, -0.2) is 75.4 Å². The number of benzene rings is 3. The molecule has 5 aromatic rings. The molecule has 1 saturated heterocycles. The lowest BCUT2D eigenvalue weighted by Gasteiger charge is -2.21. The van der Waals surface area contributed by atoms with Crippen LogP contribution in [0.15, 0.2) is 72.9 Å². The third kappa shape index (κ3) is 10.5. The van der Waals surface area contributed by atoms with Crippen molar-refractivity contribution in [3.8, 4) is 22.8 Å². The number of hydrogen-bond donors (Lipinski definition) is 5. The third-order valence-corrected chi connectivity index (χ3v) is 7.48. The third-order valence-electron chi connectivity index (χ3n) is 7.48. The number of hydrogen-bond acceptors (Lipinski definition) is 9. The number of rotatable bonds is 8. The molecule has 1 unspecified atom stereocenters. The molecule has 0 aliphatic carbocycles. The number of aromatic nitrogens is 3. The van der Waals surface area contributed by atoms with Crippen LogP contribution in [0.5, 0.6) is 11.5 Å². The number of aliphatic carboxylic acids is 2. The molecule has 3 aromatic carbocycles. The summed E-state index contributed by atoms with van der Waals surface area (Å²) >= 11 is 0. The van der Waals surface area contributed by atoms with Gasteiger partial charge in [0, 0.05) is 29.1 Å². The van der Waals surface area contributed by atoms with Crippen LogP contribution >= 0.6 is 0 Å². The van der Waals surface area contributed by atoms with E-state index in [4.69, 9.17) is 55.4 Å². The fraction of sp³-hybridized carbons (Fsp3) is 0.257. The van der Waals surface area contributed by atoms with E-state index in [0.717, 1.165) is 22.0 Å². The van der Waals surface area contributed by atoms with Gasteiger partial charge in [0.1, 0.15) is 23.5 Å². The van der Waals surface area contributed by atoms with Crippen molar-refractivity contribution in [1.82, 2.24) is 15.0 Å². The fourth-order valence-electron chi connectivity index (χ4n) is 5.09. The van der Waals surface area contributed by atoms with Crippen LogP contribution in [0.4, 0.5) is 42.2 Å². The van der Waals surface area contributed by atoms with E-state index in [1.165, 1.54) is 0 Å². The molecular weight excluding hydrogens is 735 g/mol. The number of imidazole rings is 1. The Balaban J connectivity index is 0.000000396. The number of H-pyrrole nitrogens is 1. The Morgan fingerprint density at radius 3 is 2.20 bits per heavy atom. The van der Waals surface area contributed by atoms with E-state index in [1.807, 2.05) is 55.5 Å². The number of pyridine rings is 1. The van der Waals surface area contributed by atoms with Crippen LogP contribution < -0.4 is 20.9 Å². The molecule has 2 aromatic heterocycles. The molecule has 0 bridgehead atoms. The van der Waals surface area contributed by atoms with Gasteiger partial charge in [-0.1, -0.05) is 30.3 Å². The van der Waals surface area contributed by atoms with Gasteiger partial charge in [-0.3, -0.25) is 0 Å². The summed E-state index contributed by atoms with van der Waals surface area (Å²) in [6.45, 7) is 3.26. The number of aromatic amines is 1. The van der Waals surface area contributed by atoms with Gasteiger partial charge in [0.25, 0.3) is 0 Å². The highest BCUT2D eigenvalue weighted by Crippen LogP contribution is 2.40. The molecule has 1 aliphatic heterocycles. The van der Waals surface area contributed by atoms with Crippen LogP contribution in [0, 0.1) is 5.82 Å². The summed E-state index contributed by atoms with van der Waals surface area (Å²) in [7, 11) is 0. The molecule has 1 fully saturated rings. The van der Waals surface area contributed by atoms with Crippen LogP contribution in [0.3, 0.4) is 0 Å². The molecule has 12 nitrogen and oxygen atoms in total. The number of carbonyl (C=O) groups is 2. The van der Waals surface area contributed by atoms with Crippen molar-refractivity contribution in [3.63, 3.8) is 0 Å². The summed E-state index contributed by atoms with van der Waals surface area (Å²) in [6.07, 6.45) is -8.00. The molecule has 3 heterocycles. The van der Waals surface area contributed by atoms with E-state index in [1.54, 1.807) is 24.4 Å². The zero-order valence-corrected chi connectivity index (χ0v) is 28.0. The summed E-state index contributed by atoms with van der Waals surface area (Å²) in [6, 6.07) is 20.4. The molecule has 0 radical (unpaired) electrons. The van der Waals surface area contributed by atoms with Crippen molar-refractivity contribution in [2.24, 2.45) is 0 Å². The molecule has 0 spiro atoms. The minimum atomic E-state index is -5.08. The van der Waals surface area contributed by atoms with E-state index in [0.29, 0.717) is 60.6 Å². The van der Waals surface area contributed by atoms with Crippen LogP contribution in [0.1, 0.15) is 36.3 Å². The van der Waals surface area contributed by atoms with E-state index in [9.17, 15) is 26.3 Å². The van der Waals surface area contributed by atoms with Gasteiger partial charge in [-0.2, -0.15) is 26.3 Å². The largest absolute Gasteiger partial charge is 0.494 e. The first kappa shape index (κ1) is 40.7. The Labute approximate surface area is 301 Å². The second kappa shape index (κ2) is 17.1. The molecule has 19 heteroatoms. The smallest absolute Gasteiger partial charge is 0.490 e. The van der Waals surface area contributed by atoms with Crippen molar-refractivity contribution in [2.75, 3.05) is 31.3 Å². The van der Waals surface area contributed by atoms with Crippen molar-refractivity contribution in [1.29, 1.82) is 0 Å². The second-order valence-electron chi connectivity index (χ2n) is 11.4. The zero-order valence-electron chi connectivity index (χ0n) is 28.0. The van der Waals surface area contributed by atoms with Crippen LogP contribution in [0.2, 0.25) is 0 Å². The number of carboxylic acids is 2. The Kier molecular flexibility index (Phi) is 12.9. The monoisotopic (exact) mass is 767 g/mol. The highest BCUT2D eigenvalue weighted by Gasteiger charge is 2.39. The predicted molar refractivity (Wildman–Crippen MR) is 180 cm³/mol. The fourth-order valence-corrected chi connectivity index (χ4v) is 5.09. The van der Waals surface area contributed by atoms with E-state index in [-0.39, 0.29) is 11.9 Å². The average molecular weight is 768 g/mol. The molecule has 288 valence electrons. The van der Waals surface area contributed by atoms with Crippen LogP contribution in [0.25, 0.3) is 22.0 Å². The van der Waals surface area contributed by atoms with Gasteiger partial charge < -0.3 is 40.9 Å². The minimum absolute atomic E-state index is 0.0919. The van der Waals surface area contributed by atoms with Crippen LogP contribution in [-0.2, 0) is 14.3 Å². The molecular formula is C35H32F7N5O7. The van der Waals surface area contributed by atoms with Gasteiger partial charge in [-0.05, 0) is 48.2 Å². The van der Waals surface area contributed by atoms with E-state index in [2.05, 4.69) is 4.98 Å². The summed E-state index contributed by atoms with van der Waals surface area (Å²) < 4.78 is 97.3. The molecule has 0 amide bonds. The maximum atomic E-state index is 16.4. The van der Waals surface area contributed by atoms with Crippen molar-refractivity contribution < 1.29 is 64.7 Å². The normalized spacial score (nSPS) is 14.6. The Morgan fingerprint density at radius 2 is 1.63 bits per heavy atom. The number of alkyl halides is 6. The number of halogens is 7. The number of anilines is 2. The van der Waals surface area contributed by atoms with Gasteiger partial charge in [-0.15, -0.1) is 0 Å². The van der Waals surface area contributed by atoms with Gasteiger partial charge in [0.15, 0.2) is 11.6 Å². The number of ether oxygens (including phenoxy) is 3. The first-order valence-electron chi connectivity index (χ1n) is 15.8. The first-order valence-corrected chi connectivity index (χ1v) is 15.8. The molecule has 6 rings (SSSR count). The van der Waals surface area contributed by atoms with Crippen molar-refractivity contribution >= 4 is 34.2 Å². The lowest BCUT2D eigenvalue weighted by molar-refractivity contribution is -0.193. The van der Waals surface area contributed by atoms with Gasteiger partial charge in [-0.25, -0.2) is 23.9 Å². The Hall–Kier alpha value is -6.11. The number of nitrogens with one attached hydrogen (secondary N) is 1. The summed E-state index contributed by atoms with van der Waals surface area (Å²) in [5, 5.41) is 15.8. The standard InChI is InChI=1S/C31H30FN5O3.2C2HF3O2/c1-2-39-22-14-24(29(32)27(15-22)40-21-10-11-38-17-21)28(31-35-16-26(37-31)18-6-4-3-5-7-18)25-13-19-12-20(33)8-9-23(19)30(34)36-25;2*3-2(4,5)1(6)7/h3-9,12-16,21,28H,2,10-11,17,33H2,1H3,(H2,34,36)(H,35,37);2*(H,6,7)/t21-,28?;;/m0../s1. The molecule has 54 heavy (non-hydrogen) atoms. The number of nitrogens with two attached hydrogens (primary N) is 2. The molecule has 0 saturated carbocycles. The summed E-state index contributed by atoms with van der Waals surface area (Å²) in [4.78, 5) is 30.6. The maximum Gasteiger partial charge on any atom is 0.490 e.